The van der Waals surface area contributed by atoms with E-state index >= 15 is 0 Å². The molecule has 3 aromatic carbocycles. The number of carbonyl (C=O) groups excluding carboxylic acids is 1. The molecule has 0 saturated heterocycles. The Hall–Kier alpha value is -2.29. The Morgan fingerprint density at radius 3 is 1.72 bits per heavy atom. The van der Waals surface area contributed by atoms with E-state index in [0.29, 0.717) is 15.6 Å². The predicted octanol–water partition coefficient (Wildman–Crippen LogP) is 5.44. The molecule has 3 rings (SSSR count). The summed E-state index contributed by atoms with van der Waals surface area (Å²) in [5, 5.41) is 4.09. The Labute approximate surface area is 157 Å². The van der Waals surface area contributed by atoms with Crippen LogP contribution in [0.4, 0.5) is 0 Å². The lowest BCUT2D eigenvalue weighted by molar-refractivity contribution is -0.120. The van der Waals surface area contributed by atoms with Crippen molar-refractivity contribution >= 4 is 29.1 Å². The topological polar surface area (TPSA) is 29.1 Å². The van der Waals surface area contributed by atoms with Gasteiger partial charge in [0.15, 0.2) is 0 Å². The minimum Gasteiger partial charge on any atom is -0.345 e. The average molecular weight is 370 g/mol. The third-order valence-corrected chi connectivity index (χ3v) is 4.68. The van der Waals surface area contributed by atoms with Crippen LogP contribution in [0.25, 0.3) is 0 Å². The van der Waals surface area contributed by atoms with Gasteiger partial charge in [0, 0.05) is 10.0 Å². The molecule has 0 aliphatic carbocycles. The fraction of sp³-hybridized carbons (Fsp3) is 0.0952. The molecule has 0 unspecified atom stereocenters. The van der Waals surface area contributed by atoms with Gasteiger partial charge in [0.05, 0.1) is 12.5 Å². The third-order valence-electron chi connectivity index (χ3n) is 3.97. The van der Waals surface area contributed by atoms with E-state index in [1.807, 2.05) is 60.7 Å². The first kappa shape index (κ1) is 17.5. The number of hydrogen-bond acceptors (Lipinski definition) is 1. The Morgan fingerprint density at radius 1 is 0.760 bits per heavy atom. The summed E-state index contributed by atoms with van der Waals surface area (Å²) in [4.78, 5) is 12.6. The lowest BCUT2D eigenvalue weighted by Gasteiger charge is -2.20. The maximum Gasteiger partial charge on any atom is 0.225 e. The van der Waals surface area contributed by atoms with Crippen molar-refractivity contribution in [3.63, 3.8) is 0 Å². The highest BCUT2D eigenvalue weighted by molar-refractivity contribution is 6.36. The van der Waals surface area contributed by atoms with Crippen LogP contribution >= 0.6 is 23.2 Å². The number of amides is 1. The van der Waals surface area contributed by atoms with Crippen molar-refractivity contribution in [1.82, 2.24) is 5.32 Å². The molecule has 126 valence electrons. The quantitative estimate of drug-likeness (QED) is 0.637. The third kappa shape index (κ3) is 4.41. The molecule has 25 heavy (non-hydrogen) atoms. The normalized spacial score (nSPS) is 10.7. The summed E-state index contributed by atoms with van der Waals surface area (Å²) >= 11 is 12.4. The molecule has 0 aliphatic rings. The van der Waals surface area contributed by atoms with E-state index in [0.717, 1.165) is 11.1 Å². The van der Waals surface area contributed by atoms with E-state index in [1.54, 1.807) is 18.2 Å². The standard InChI is InChI=1S/C21H17Cl2NO/c22-18-12-7-13-19(23)17(18)14-20(25)24-21(15-8-3-1-4-9-15)16-10-5-2-6-11-16/h1-13,21H,14H2,(H,24,25). The van der Waals surface area contributed by atoms with Crippen LogP contribution in [0, 0.1) is 0 Å². The van der Waals surface area contributed by atoms with Gasteiger partial charge in [-0.15, -0.1) is 0 Å². The van der Waals surface area contributed by atoms with Gasteiger partial charge in [-0.3, -0.25) is 4.79 Å². The van der Waals surface area contributed by atoms with Crippen LogP contribution in [0.5, 0.6) is 0 Å². The molecule has 1 amide bonds. The molecular weight excluding hydrogens is 353 g/mol. The highest BCUT2D eigenvalue weighted by Gasteiger charge is 2.18. The van der Waals surface area contributed by atoms with Crippen molar-refractivity contribution < 1.29 is 4.79 Å². The fourth-order valence-corrected chi connectivity index (χ4v) is 3.25. The van der Waals surface area contributed by atoms with E-state index in [4.69, 9.17) is 23.2 Å². The van der Waals surface area contributed by atoms with Gasteiger partial charge in [0.25, 0.3) is 0 Å². The molecule has 2 nitrogen and oxygen atoms in total. The zero-order valence-electron chi connectivity index (χ0n) is 13.5. The number of halogens is 2. The van der Waals surface area contributed by atoms with Crippen molar-refractivity contribution in [2.75, 3.05) is 0 Å². The number of hydrogen-bond donors (Lipinski definition) is 1. The molecule has 0 fully saturated rings. The molecule has 0 aromatic heterocycles. The second kappa shape index (κ2) is 8.19. The second-order valence-electron chi connectivity index (χ2n) is 5.70. The molecule has 0 atom stereocenters. The van der Waals surface area contributed by atoms with Crippen molar-refractivity contribution in [3.05, 3.63) is 106 Å². The van der Waals surface area contributed by atoms with Crippen LogP contribution in [0.15, 0.2) is 78.9 Å². The van der Waals surface area contributed by atoms with Gasteiger partial charge < -0.3 is 5.32 Å². The monoisotopic (exact) mass is 369 g/mol. The predicted molar refractivity (Wildman–Crippen MR) is 103 cm³/mol. The van der Waals surface area contributed by atoms with Crippen LogP contribution in [-0.2, 0) is 11.2 Å². The zero-order valence-corrected chi connectivity index (χ0v) is 15.0. The fourth-order valence-electron chi connectivity index (χ4n) is 2.72. The van der Waals surface area contributed by atoms with E-state index < -0.39 is 0 Å². The van der Waals surface area contributed by atoms with E-state index in [9.17, 15) is 4.79 Å². The smallest absolute Gasteiger partial charge is 0.225 e. The zero-order chi connectivity index (χ0) is 17.6. The number of rotatable bonds is 5. The average Bonchev–Trinajstić information content (AvgIpc) is 2.64. The Kier molecular flexibility index (Phi) is 5.75. The largest absolute Gasteiger partial charge is 0.345 e. The summed E-state index contributed by atoms with van der Waals surface area (Å²) in [5.74, 6) is -0.132. The van der Waals surface area contributed by atoms with E-state index in [2.05, 4.69) is 5.32 Å². The van der Waals surface area contributed by atoms with Crippen molar-refractivity contribution in [2.24, 2.45) is 0 Å². The van der Waals surface area contributed by atoms with Gasteiger partial charge in [-0.1, -0.05) is 89.9 Å². The Bertz CT molecular complexity index is 791. The summed E-state index contributed by atoms with van der Waals surface area (Å²) in [6, 6.07) is 24.8. The van der Waals surface area contributed by atoms with Gasteiger partial charge in [0.2, 0.25) is 5.91 Å². The molecular formula is C21H17Cl2NO. The lowest BCUT2D eigenvalue weighted by Crippen LogP contribution is -2.30. The molecule has 0 aliphatic heterocycles. The lowest BCUT2D eigenvalue weighted by atomic mass is 9.98. The first-order valence-electron chi connectivity index (χ1n) is 7.97. The van der Waals surface area contributed by atoms with Gasteiger partial charge in [-0.25, -0.2) is 0 Å². The summed E-state index contributed by atoms with van der Waals surface area (Å²) in [6.45, 7) is 0. The van der Waals surface area contributed by atoms with Gasteiger partial charge in [-0.05, 0) is 28.8 Å². The van der Waals surface area contributed by atoms with Gasteiger partial charge in [0.1, 0.15) is 0 Å². The molecule has 4 heteroatoms. The molecule has 1 N–H and O–H groups in total. The van der Waals surface area contributed by atoms with E-state index in [1.165, 1.54) is 0 Å². The van der Waals surface area contributed by atoms with Crippen LogP contribution in [-0.4, -0.2) is 5.91 Å². The summed E-state index contributed by atoms with van der Waals surface area (Å²) < 4.78 is 0. The summed E-state index contributed by atoms with van der Waals surface area (Å²) in [7, 11) is 0. The number of nitrogens with one attached hydrogen (secondary N) is 1. The molecule has 0 radical (unpaired) electrons. The minimum atomic E-state index is -0.226. The Balaban J connectivity index is 1.84. The van der Waals surface area contributed by atoms with Crippen LogP contribution in [0.2, 0.25) is 10.0 Å². The minimum absolute atomic E-state index is 0.132. The molecule has 0 spiro atoms. The Morgan fingerprint density at radius 2 is 1.24 bits per heavy atom. The highest BCUT2D eigenvalue weighted by atomic mass is 35.5. The van der Waals surface area contributed by atoms with Crippen molar-refractivity contribution in [2.45, 2.75) is 12.5 Å². The maximum atomic E-state index is 12.6. The van der Waals surface area contributed by atoms with Crippen LogP contribution < -0.4 is 5.32 Å². The van der Waals surface area contributed by atoms with Crippen molar-refractivity contribution in [1.29, 1.82) is 0 Å². The van der Waals surface area contributed by atoms with Crippen molar-refractivity contribution in [3.8, 4) is 0 Å². The first-order valence-corrected chi connectivity index (χ1v) is 8.73. The van der Waals surface area contributed by atoms with Crippen LogP contribution in [0.1, 0.15) is 22.7 Å². The summed E-state index contributed by atoms with van der Waals surface area (Å²) in [5.41, 5.74) is 2.68. The van der Waals surface area contributed by atoms with Gasteiger partial charge in [-0.2, -0.15) is 0 Å². The first-order chi connectivity index (χ1) is 12.1. The SMILES string of the molecule is O=C(Cc1c(Cl)cccc1Cl)NC(c1ccccc1)c1ccccc1. The number of carbonyl (C=O) groups is 1. The molecule has 0 heterocycles. The molecule has 3 aromatic rings. The number of benzene rings is 3. The van der Waals surface area contributed by atoms with Gasteiger partial charge >= 0.3 is 0 Å². The summed E-state index contributed by atoms with van der Waals surface area (Å²) in [6.07, 6.45) is 0.134. The second-order valence-corrected chi connectivity index (χ2v) is 6.51. The van der Waals surface area contributed by atoms with Crippen LogP contribution in [0.3, 0.4) is 0 Å². The maximum absolute atomic E-state index is 12.6. The molecule has 0 saturated carbocycles. The highest BCUT2D eigenvalue weighted by Crippen LogP contribution is 2.26. The van der Waals surface area contributed by atoms with E-state index in [-0.39, 0.29) is 18.4 Å². The molecule has 0 bridgehead atoms.